The van der Waals surface area contributed by atoms with Gasteiger partial charge in [0.25, 0.3) is 0 Å². The molecule has 2 fully saturated rings. The van der Waals surface area contributed by atoms with E-state index in [-0.39, 0.29) is 17.7 Å². The van der Waals surface area contributed by atoms with Gasteiger partial charge in [0.05, 0.1) is 24.7 Å². The van der Waals surface area contributed by atoms with Gasteiger partial charge in [0.15, 0.2) is 0 Å². The van der Waals surface area contributed by atoms with Crippen molar-refractivity contribution >= 4 is 12.0 Å². The number of urea groups is 1. The predicted octanol–water partition coefficient (Wildman–Crippen LogP) is 1.45. The number of amides is 2. The monoisotopic (exact) mass is 284 g/mol. The lowest BCUT2D eigenvalue weighted by molar-refractivity contribution is -0.143. The van der Waals surface area contributed by atoms with Crippen LogP contribution in [0.1, 0.15) is 39.5 Å². The molecule has 1 saturated heterocycles. The van der Waals surface area contributed by atoms with E-state index in [9.17, 15) is 14.7 Å². The second-order valence-corrected chi connectivity index (χ2v) is 6.31. The lowest BCUT2D eigenvalue weighted by atomic mass is 9.84. The Morgan fingerprint density at radius 1 is 1.30 bits per heavy atom. The Labute approximate surface area is 119 Å². The summed E-state index contributed by atoms with van der Waals surface area (Å²) in [6.07, 6.45) is 3.29. The molecule has 0 aromatic heterocycles. The van der Waals surface area contributed by atoms with E-state index in [0.717, 1.165) is 19.3 Å². The van der Waals surface area contributed by atoms with Gasteiger partial charge in [-0.15, -0.1) is 0 Å². The van der Waals surface area contributed by atoms with Gasteiger partial charge in [-0.2, -0.15) is 0 Å². The standard InChI is InChI=1S/C14H24N2O4/c1-14(2)9-16(7-8-20-14)13(19)15-11-6-4-3-5-10(11)12(17)18/h10-11H,3-9H2,1-2H3,(H,15,19)(H,17,18). The molecule has 2 unspecified atom stereocenters. The van der Waals surface area contributed by atoms with Gasteiger partial charge in [-0.25, -0.2) is 4.79 Å². The first-order valence-corrected chi connectivity index (χ1v) is 7.31. The molecule has 20 heavy (non-hydrogen) atoms. The Balaban J connectivity index is 1.94. The van der Waals surface area contributed by atoms with Gasteiger partial charge >= 0.3 is 12.0 Å². The second kappa shape index (κ2) is 5.99. The molecule has 1 heterocycles. The molecule has 6 nitrogen and oxygen atoms in total. The van der Waals surface area contributed by atoms with Gasteiger partial charge in [0, 0.05) is 12.6 Å². The van der Waals surface area contributed by atoms with Crippen LogP contribution in [0.3, 0.4) is 0 Å². The summed E-state index contributed by atoms with van der Waals surface area (Å²) in [5.74, 6) is -1.26. The molecule has 114 valence electrons. The average molecular weight is 284 g/mol. The van der Waals surface area contributed by atoms with Crippen LogP contribution in [0.15, 0.2) is 0 Å². The van der Waals surface area contributed by atoms with Crippen molar-refractivity contribution in [3.05, 3.63) is 0 Å². The Hall–Kier alpha value is -1.30. The third-order valence-electron chi connectivity index (χ3n) is 4.10. The summed E-state index contributed by atoms with van der Waals surface area (Å²) in [6, 6.07) is -0.417. The van der Waals surface area contributed by atoms with E-state index in [1.165, 1.54) is 0 Å². The highest BCUT2D eigenvalue weighted by atomic mass is 16.5. The molecule has 2 amide bonds. The number of nitrogens with one attached hydrogen (secondary N) is 1. The molecule has 0 aromatic rings. The van der Waals surface area contributed by atoms with Gasteiger partial charge in [-0.3, -0.25) is 4.79 Å². The van der Waals surface area contributed by atoms with Crippen molar-refractivity contribution in [1.29, 1.82) is 0 Å². The average Bonchev–Trinajstić information content (AvgIpc) is 2.38. The van der Waals surface area contributed by atoms with Crippen LogP contribution >= 0.6 is 0 Å². The summed E-state index contributed by atoms with van der Waals surface area (Å²) in [4.78, 5) is 25.2. The quantitative estimate of drug-likeness (QED) is 0.804. The van der Waals surface area contributed by atoms with Crippen LogP contribution in [-0.4, -0.2) is 53.3 Å². The minimum Gasteiger partial charge on any atom is -0.481 e. The Morgan fingerprint density at radius 2 is 2.00 bits per heavy atom. The summed E-state index contributed by atoms with van der Waals surface area (Å²) in [7, 11) is 0. The summed E-state index contributed by atoms with van der Waals surface area (Å²) in [5, 5.41) is 12.1. The smallest absolute Gasteiger partial charge is 0.317 e. The van der Waals surface area contributed by atoms with Crippen LogP contribution in [0.2, 0.25) is 0 Å². The summed E-state index contributed by atoms with van der Waals surface area (Å²) < 4.78 is 5.58. The molecular formula is C14H24N2O4. The minimum absolute atomic E-state index is 0.167. The molecule has 6 heteroatoms. The molecule has 2 atom stereocenters. The van der Waals surface area contributed by atoms with Crippen LogP contribution in [0.4, 0.5) is 4.79 Å². The number of rotatable bonds is 2. The number of carbonyl (C=O) groups is 2. The van der Waals surface area contributed by atoms with Gasteiger partial charge in [0.2, 0.25) is 0 Å². The van der Waals surface area contributed by atoms with Gasteiger partial charge in [-0.1, -0.05) is 12.8 Å². The van der Waals surface area contributed by atoms with Crippen molar-refractivity contribution in [2.24, 2.45) is 5.92 Å². The topological polar surface area (TPSA) is 78.9 Å². The number of aliphatic carboxylic acids is 1. The number of hydrogen-bond donors (Lipinski definition) is 2. The van der Waals surface area contributed by atoms with Crippen LogP contribution in [0, 0.1) is 5.92 Å². The first-order chi connectivity index (χ1) is 9.39. The highest BCUT2D eigenvalue weighted by molar-refractivity contribution is 5.77. The Bertz CT molecular complexity index is 383. The number of hydrogen-bond acceptors (Lipinski definition) is 3. The summed E-state index contributed by atoms with van der Waals surface area (Å²) >= 11 is 0. The summed E-state index contributed by atoms with van der Waals surface area (Å²) in [6.45, 7) is 5.51. The van der Waals surface area contributed by atoms with E-state index in [2.05, 4.69) is 5.32 Å². The molecule has 0 bridgehead atoms. The van der Waals surface area contributed by atoms with Crippen molar-refractivity contribution in [2.75, 3.05) is 19.7 Å². The molecule has 0 spiro atoms. The first kappa shape index (κ1) is 15.1. The van der Waals surface area contributed by atoms with Crippen LogP contribution in [0.5, 0.6) is 0 Å². The van der Waals surface area contributed by atoms with E-state index < -0.39 is 11.9 Å². The van der Waals surface area contributed by atoms with E-state index in [0.29, 0.717) is 26.1 Å². The van der Waals surface area contributed by atoms with Crippen LogP contribution < -0.4 is 5.32 Å². The number of carbonyl (C=O) groups excluding carboxylic acids is 1. The SMILES string of the molecule is CC1(C)CN(C(=O)NC2CCCCC2C(=O)O)CCO1. The zero-order valence-corrected chi connectivity index (χ0v) is 12.2. The number of carboxylic acid groups (broad SMARTS) is 1. The zero-order valence-electron chi connectivity index (χ0n) is 12.2. The van der Waals surface area contributed by atoms with E-state index >= 15 is 0 Å². The zero-order chi connectivity index (χ0) is 14.8. The predicted molar refractivity (Wildman–Crippen MR) is 73.5 cm³/mol. The summed E-state index contributed by atoms with van der Waals surface area (Å²) in [5.41, 5.74) is -0.339. The first-order valence-electron chi connectivity index (χ1n) is 7.31. The largest absolute Gasteiger partial charge is 0.481 e. The normalized spacial score (nSPS) is 29.8. The van der Waals surface area contributed by atoms with Crippen molar-refractivity contribution < 1.29 is 19.4 Å². The molecule has 0 radical (unpaired) electrons. The van der Waals surface area contributed by atoms with Crippen molar-refractivity contribution in [2.45, 2.75) is 51.2 Å². The number of ether oxygens (including phenoxy) is 1. The fourth-order valence-corrected chi connectivity index (χ4v) is 3.04. The maximum Gasteiger partial charge on any atom is 0.317 e. The number of morpholine rings is 1. The highest BCUT2D eigenvalue weighted by Crippen LogP contribution is 2.25. The lowest BCUT2D eigenvalue weighted by Crippen LogP contribution is -2.56. The maximum absolute atomic E-state index is 12.3. The van der Waals surface area contributed by atoms with Crippen LogP contribution in [0.25, 0.3) is 0 Å². The fraction of sp³-hybridized carbons (Fsp3) is 0.857. The second-order valence-electron chi connectivity index (χ2n) is 6.31. The number of nitrogens with zero attached hydrogens (tertiary/aromatic N) is 1. The molecule has 2 aliphatic rings. The Kier molecular flexibility index (Phi) is 4.52. The molecule has 2 rings (SSSR count). The molecular weight excluding hydrogens is 260 g/mol. The maximum atomic E-state index is 12.3. The van der Waals surface area contributed by atoms with E-state index in [4.69, 9.17) is 4.74 Å². The third kappa shape index (κ3) is 3.62. The molecule has 1 aliphatic carbocycles. The van der Waals surface area contributed by atoms with Gasteiger partial charge < -0.3 is 20.1 Å². The molecule has 2 N–H and O–H groups in total. The van der Waals surface area contributed by atoms with Crippen molar-refractivity contribution in [1.82, 2.24) is 10.2 Å². The minimum atomic E-state index is -0.808. The van der Waals surface area contributed by atoms with Gasteiger partial charge in [-0.05, 0) is 26.7 Å². The van der Waals surface area contributed by atoms with Crippen LogP contribution in [-0.2, 0) is 9.53 Å². The fourth-order valence-electron chi connectivity index (χ4n) is 3.04. The van der Waals surface area contributed by atoms with Crippen molar-refractivity contribution in [3.63, 3.8) is 0 Å². The van der Waals surface area contributed by atoms with Gasteiger partial charge in [0.1, 0.15) is 0 Å². The molecule has 1 aliphatic heterocycles. The lowest BCUT2D eigenvalue weighted by Gasteiger charge is -2.39. The van der Waals surface area contributed by atoms with Crippen molar-refractivity contribution in [3.8, 4) is 0 Å². The number of carboxylic acids is 1. The third-order valence-corrected chi connectivity index (χ3v) is 4.10. The molecule has 1 saturated carbocycles. The van der Waals surface area contributed by atoms with E-state index in [1.807, 2.05) is 13.8 Å². The molecule has 0 aromatic carbocycles. The van der Waals surface area contributed by atoms with E-state index in [1.54, 1.807) is 4.90 Å². The Morgan fingerprint density at radius 3 is 2.65 bits per heavy atom. The highest BCUT2D eigenvalue weighted by Gasteiger charge is 2.35.